The standard InChI is InChI=1S/C33H32F2N2O7S2/c1-41-29-19-22(32(39)40)4-8-28(29)43-13-2-9-37-31(38)30(46-33(37)45)18-21-3-7-27(44-16-12-36-10-14-42-15-11-36)25(17-21)24-20-23(34)5-6-26(24)35/h3-8,17-20H,2,9-16H2,1H3,(H,39,40). The molecule has 2 aliphatic heterocycles. The largest absolute Gasteiger partial charge is 0.493 e. The summed E-state index contributed by atoms with van der Waals surface area (Å²) in [7, 11) is 1.42. The average molecular weight is 671 g/mol. The Kier molecular flexibility index (Phi) is 11.2. The molecule has 13 heteroatoms. The van der Waals surface area contributed by atoms with Crippen LogP contribution in [0.3, 0.4) is 0 Å². The van der Waals surface area contributed by atoms with Crippen molar-refractivity contribution in [3.63, 3.8) is 0 Å². The molecule has 2 heterocycles. The number of thioether (sulfide) groups is 1. The van der Waals surface area contributed by atoms with E-state index in [4.69, 9.17) is 31.2 Å². The molecule has 2 fully saturated rings. The first-order chi connectivity index (χ1) is 22.2. The Hall–Kier alpha value is -4.04. The molecule has 1 amide bonds. The first kappa shape index (κ1) is 33.3. The number of carbonyl (C=O) groups is 2. The molecule has 9 nitrogen and oxygen atoms in total. The highest BCUT2D eigenvalue weighted by Gasteiger charge is 2.31. The van der Waals surface area contributed by atoms with Gasteiger partial charge >= 0.3 is 5.97 Å². The minimum absolute atomic E-state index is 0.0541. The summed E-state index contributed by atoms with van der Waals surface area (Å²) >= 11 is 6.63. The monoisotopic (exact) mass is 670 g/mol. The normalized spacial score (nSPS) is 16.2. The van der Waals surface area contributed by atoms with Gasteiger partial charge in [0.25, 0.3) is 5.91 Å². The molecule has 242 valence electrons. The molecule has 3 aromatic carbocycles. The van der Waals surface area contributed by atoms with Gasteiger partial charge in [0.05, 0.1) is 37.4 Å². The molecule has 1 N–H and O–H groups in total. The molecule has 3 aromatic rings. The fraction of sp³-hybridized carbons (Fsp3) is 0.303. The number of hydrogen-bond acceptors (Lipinski definition) is 9. The number of thiocarbonyl (C=S) groups is 1. The third-order valence-corrected chi connectivity index (χ3v) is 8.73. The van der Waals surface area contributed by atoms with Gasteiger partial charge in [-0.15, -0.1) is 0 Å². The summed E-state index contributed by atoms with van der Waals surface area (Å²) in [5, 5.41) is 9.18. The van der Waals surface area contributed by atoms with E-state index in [0.717, 1.165) is 43.1 Å². The van der Waals surface area contributed by atoms with E-state index in [9.17, 15) is 23.5 Å². The molecule has 0 atom stereocenters. The lowest BCUT2D eigenvalue weighted by molar-refractivity contribution is -0.122. The van der Waals surface area contributed by atoms with Gasteiger partial charge in [0.15, 0.2) is 11.5 Å². The van der Waals surface area contributed by atoms with Crippen LogP contribution >= 0.6 is 24.0 Å². The Morgan fingerprint density at radius 1 is 0.978 bits per heavy atom. The van der Waals surface area contributed by atoms with Crippen LogP contribution in [-0.2, 0) is 9.53 Å². The number of morpholine rings is 1. The first-order valence-electron chi connectivity index (χ1n) is 14.6. The van der Waals surface area contributed by atoms with Crippen LogP contribution in [0.5, 0.6) is 17.2 Å². The molecule has 2 saturated heterocycles. The smallest absolute Gasteiger partial charge is 0.335 e. The van der Waals surface area contributed by atoms with Gasteiger partial charge in [0.2, 0.25) is 0 Å². The zero-order chi connectivity index (χ0) is 32.6. The van der Waals surface area contributed by atoms with Crippen molar-refractivity contribution in [2.45, 2.75) is 6.42 Å². The van der Waals surface area contributed by atoms with Crippen molar-refractivity contribution < 1.29 is 42.4 Å². The summed E-state index contributed by atoms with van der Waals surface area (Å²) in [6.07, 6.45) is 2.12. The van der Waals surface area contributed by atoms with Crippen molar-refractivity contribution in [3.8, 4) is 28.4 Å². The lowest BCUT2D eigenvalue weighted by atomic mass is 10.0. The zero-order valence-electron chi connectivity index (χ0n) is 25.0. The maximum absolute atomic E-state index is 14.9. The van der Waals surface area contributed by atoms with Gasteiger partial charge in [-0.1, -0.05) is 30.0 Å². The Morgan fingerprint density at radius 2 is 1.74 bits per heavy atom. The summed E-state index contributed by atoms with van der Waals surface area (Å²) in [6.45, 7) is 4.47. The van der Waals surface area contributed by atoms with E-state index in [1.165, 1.54) is 30.2 Å². The van der Waals surface area contributed by atoms with Crippen molar-refractivity contribution in [2.75, 3.05) is 59.7 Å². The number of benzene rings is 3. The van der Waals surface area contributed by atoms with Gasteiger partial charge in [-0.05, 0) is 66.6 Å². The van der Waals surface area contributed by atoms with E-state index >= 15 is 0 Å². The van der Waals surface area contributed by atoms with E-state index < -0.39 is 17.6 Å². The van der Waals surface area contributed by atoms with Crippen LogP contribution in [0.2, 0.25) is 0 Å². The molecule has 0 unspecified atom stereocenters. The lowest BCUT2D eigenvalue weighted by Crippen LogP contribution is -2.38. The molecule has 2 aliphatic rings. The second-order valence-electron chi connectivity index (χ2n) is 10.4. The SMILES string of the molecule is COc1cc(C(=O)O)ccc1OCCCN1C(=O)C(=Cc2ccc(OCCN3CCOCC3)c(-c3cc(F)ccc3F)c2)SC1=S. The van der Waals surface area contributed by atoms with Crippen LogP contribution < -0.4 is 14.2 Å². The summed E-state index contributed by atoms with van der Waals surface area (Å²) in [5.41, 5.74) is 1.10. The Labute approximate surface area is 274 Å². The summed E-state index contributed by atoms with van der Waals surface area (Å²) in [5.74, 6) is -1.45. The number of carbonyl (C=O) groups excluding carboxylic acids is 1. The molecule has 46 heavy (non-hydrogen) atoms. The second kappa shape index (κ2) is 15.5. The summed E-state index contributed by atoms with van der Waals surface area (Å²) in [6, 6.07) is 12.7. The van der Waals surface area contributed by atoms with Crippen LogP contribution in [0.4, 0.5) is 8.78 Å². The number of rotatable bonds is 13. The van der Waals surface area contributed by atoms with Crippen LogP contribution in [0, 0.1) is 11.6 Å². The highest BCUT2D eigenvalue weighted by molar-refractivity contribution is 8.26. The minimum Gasteiger partial charge on any atom is -0.493 e. The quantitative estimate of drug-likeness (QED) is 0.138. The van der Waals surface area contributed by atoms with Gasteiger partial charge in [0.1, 0.15) is 28.3 Å². The Bertz CT molecular complexity index is 1650. The number of ether oxygens (including phenoxy) is 4. The number of nitrogens with zero attached hydrogens (tertiary/aromatic N) is 2. The number of carboxylic acid groups (broad SMARTS) is 1. The number of methoxy groups -OCH3 is 1. The maximum atomic E-state index is 14.9. The maximum Gasteiger partial charge on any atom is 0.335 e. The Morgan fingerprint density at radius 3 is 2.50 bits per heavy atom. The molecule has 0 spiro atoms. The average Bonchev–Trinajstić information content (AvgIpc) is 3.32. The topological polar surface area (TPSA) is 97.8 Å². The van der Waals surface area contributed by atoms with E-state index in [-0.39, 0.29) is 23.6 Å². The van der Waals surface area contributed by atoms with Crippen LogP contribution in [-0.4, -0.2) is 90.8 Å². The fourth-order valence-electron chi connectivity index (χ4n) is 4.96. The fourth-order valence-corrected chi connectivity index (χ4v) is 6.26. The zero-order valence-corrected chi connectivity index (χ0v) is 26.6. The number of carboxylic acids is 1. The number of aromatic carboxylic acids is 1. The molecule has 0 saturated carbocycles. The van der Waals surface area contributed by atoms with Crippen molar-refractivity contribution in [2.24, 2.45) is 0 Å². The number of hydrogen-bond donors (Lipinski definition) is 1. The van der Waals surface area contributed by atoms with Crippen LogP contribution in [0.25, 0.3) is 17.2 Å². The van der Waals surface area contributed by atoms with E-state index in [2.05, 4.69) is 4.90 Å². The molecule has 0 aromatic heterocycles. The molecule has 0 bridgehead atoms. The van der Waals surface area contributed by atoms with E-state index in [1.54, 1.807) is 24.3 Å². The number of amides is 1. The highest BCUT2D eigenvalue weighted by Crippen LogP contribution is 2.37. The third kappa shape index (κ3) is 8.21. The van der Waals surface area contributed by atoms with Gasteiger partial charge in [-0.3, -0.25) is 14.6 Å². The molecule has 0 aliphatic carbocycles. The van der Waals surface area contributed by atoms with Crippen molar-refractivity contribution in [3.05, 3.63) is 82.3 Å². The van der Waals surface area contributed by atoms with Crippen molar-refractivity contribution in [1.82, 2.24) is 9.80 Å². The predicted molar refractivity (Wildman–Crippen MR) is 174 cm³/mol. The van der Waals surface area contributed by atoms with Gasteiger partial charge in [-0.25, -0.2) is 13.6 Å². The second-order valence-corrected chi connectivity index (χ2v) is 12.1. The third-order valence-electron chi connectivity index (χ3n) is 7.36. The van der Waals surface area contributed by atoms with Gasteiger partial charge < -0.3 is 24.1 Å². The Balaban J connectivity index is 1.26. The lowest BCUT2D eigenvalue weighted by Gasteiger charge is -2.26. The predicted octanol–water partition coefficient (Wildman–Crippen LogP) is 5.72. The van der Waals surface area contributed by atoms with Crippen LogP contribution in [0.1, 0.15) is 22.3 Å². The number of halogens is 2. The molecular weight excluding hydrogens is 639 g/mol. The van der Waals surface area contributed by atoms with Gasteiger partial charge in [0, 0.05) is 37.3 Å². The molecular formula is C33H32F2N2O7S2. The molecule has 0 radical (unpaired) electrons. The van der Waals surface area contributed by atoms with Crippen molar-refractivity contribution >= 4 is 46.3 Å². The highest BCUT2D eigenvalue weighted by atomic mass is 32.2. The minimum atomic E-state index is -1.08. The van der Waals surface area contributed by atoms with Gasteiger partial charge in [-0.2, -0.15) is 0 Å². The molecule has 5 rings (SSSR count). The summed E-state index contributed by atoms with van der Waals surface area (Å²) in [4.78, 5) is 28.6. The van der Waals surface area contributed by atoms with E-state index in [1.807, 2.05) is 0 Å². The van der Waals surface area contributed by atoms with E-state index in [0.29, 0.717) is 76.9 Å². The first-order valence-corrected chi connectivity index (χ1v) is 15.8. The van der Waals surface area contributed by atoms with Crippen LogP contribution in [0.15, 0.2) is 59.5 Å². The van der Waals surface area contributed by atoms with Crippen molar-refractivity contribution in [1.29, 1.82) is 0 Å². The summed E-state index contributed by atoms with van der Waals surface area (Å²) < 4.78 is 51.9.